The zero-order chi connectivity index (χ0) is 13.7. The summed E-state index contributed by atoms with van der Waals surface area (Å²) in [6, 6.07) is 1.06. The molecule has 0 atom stereocenters. The molecule has 1 heterocycles. The molecule has 1 rings (SSSR count). The molecule has 1 aromatic rings. The first-order valence-corrected chi connectivity index (χ1v) is 7.26. The Morgan fingerprint density at radius 1 is 1.28 bits per heavy atom. The van der Waals surface area contributed by atoms with Gasteiger partial charge >= 0.3 is 0 Å². The average Bonchev–Trinajstić information content (AvgIpc) is 2.28. The van der Waals surface area contributed by atoms with Gasteiger partial charge in [-0.15, -0.1) is 0 Å². The maximum atomic E-state index is 5.91. The van der Waals surface area contributed by atoms with E-state index in [2.05, 4.69) is 63.8 Å². The Labute approximate surface area is 122 Å². The normalized spacial score (nSPS) is 11.6. The van der Waals surface area contributed by atoms with Gasteiger partial charge in [-0.25, -0.2) is 9.97 Å². The summed E-state index contributed by atoms with van der Waals surface area (Å²) in [6.45, 7) is 10.6. The van der Waals surface area contributed by atoms with Crippen LogP contribution in [0.25, 0.3) is 0 Å². The van der Waals surface area contributed by atoms with E-state index < -0.39 is 0 Å². The van der Waals surface area contributed by atoms with Crippen LogP contribution in [0.3, 0.4) is 0 Å². The zero-order valence-corrected chi connectivity index (χ0v) is 13.6. The molecule has 0 amide bonds. The van der Waals surface area contributed by atoms with Crippen LogP contribution in [0.5, 0.6) is 0 Å². The minimum Gasteiger partial charge on any atom is -0.368 e. The van der Waals surface area contributed by atoms with E-state index in [0.29, 0.717) is 21.7 Å². The van der Waals surface area contributed by atoms with E-state index in [1.165, 1.54) is 6.33 Å². The summed E-state index contributed by atoms with van der Waals surface area (Å²) in [4.78, 5) is 10.5. The van der Waals surface area contributed by atoms with E-state index in [9.17, 15) is 0 Å². The van der Waals surface area contributed by atoms with Crippen LogP contribution < -0.4 is 5.32 Å². The van der Waals surface area contributed by atoms with Crippen LogP contribution in [0, 0.1) is 0 Å². The fourth-order valence-electron chi connectivity index (χ4n) is 1.89. The molecule has 0 bridgehead atoms. The van der Waals surface area contributed by atoms with Crippen LogP contribution in [-0.4, -0.2) is 40.0 Å². The van der Waals surface area contributed by atoms with E-state index >= 15 is 0 Å². The van der Waals surface area contributed by atoms with Crippen LogP contribution in [0.15, 0.2) is 10.8 Å². The predicted octanol–water partition coefficient (Wildman–Crippen LogP) is 3.42. The van der Waals surface area contributed by atoms with Crippen LogP contribution in [0.1, 0.15) is 27.7 Å². The van der Waals surface area contributed by atoms with Crippen molar-refractivity contribution in [2.24, 2.45) is 0 Å². The highest BCUT2D eigenvalue weighted by Crippen LogP contribution is 2.25. The van der Waals surface area contributed by atoms with E-state index in [1.54, 1.807) is 0 Å². The lowest BCUT2D eigenvalue weighted by Crippen LogP contribution is -2.40. The fourth-order valence-corrected chi connectivity index (χ4v) is 2.37. The number of aromatic nitrogens is 2. The second-order valence-corrected chi connectivity index (χ2v) is 5.83. The van der Waals surface area contributed by atoms with Crippen molar-refractivity contribution in [3.8, 4) is 0 Å². The maximum absolute atomic E-state index is 5.91. The smallest absolute Gasteiger partial charge is 0.148 e. The minimum absolute atomic E-state index is 0.428. The Hall–Kier alpha value is -0.390. The van der Waals surface area contributed by atoms with Crippen molar-refractivity contribution in [2.45, 2.75) is 39.8 Å². The van der Waals surface area contributed by atoms with Gasteiger partial charge in [0.25, 0.3) is 0 Å². The van der Waals surface area contributed by atoms with Crippen LogP contribution in [0.4, 0.5) is 5.82 Å². The van der Waals surface area contributed by atoms with Crippen molar-refractivity contribution >= 4 is 33.3 Å². The molecule has 18 heavy (non-hydrogen) atoms. The largest absolute Gasteiger partial charge is 0.368 e. The summed E-state index contributed by atoms with van der Waals surface area (Å²) in [5.74, 6) is 0.738. The van der Waals surface area contributed by atoms with E-state index in [-0.39, 0.29) is 0 Å². The molecule has 1 N–H and O–H groups in total. The Morgan fingerprint density at radius 3 is 2.44 bits per heavy atom. The fraction of sp³-hybridized carbons (Fsp3) is 0.667. The van der Waals surface area contributed by atoms with Gasteiger partial charge < -0.3 is 5.32 Å². The number of rotatable bonds is 6. The summed E-state index contributed by atoms with van der Waals surface area (Å²) >= 11 is 9.28. The Morgan fingerprint density at radius 2 is 1.89 bits per heavy atom. The second kappa shape index (κ2) is 7.26. The molecule has 0 saturated heterocycles. The van der Waals surface area contributed by atoms with E-state index in [4.69, 9.17) is 11.6 Å². The molecule has 4 nitrogen and oxygen atoms in total. The minimum atomic E-state index is 0.428. The molecule has 0 saturated carbocycles. The highest BCUT2D eigenvalue weighted by molar-refractivity contribution is 9.10. The third-order valence-corrected chi connectivity index (χ3v) is 4.00. The van der Waals surface area contributed by atoms with Crippen LogP contribution >= 0.6 is 27.5 Å². The van der Waals surface area contributed by atoms with Gasteiger partial charge in [0.2, 0.25) is 0 Å². The first kappa shape index (κ1) is 15.7. The third kappa shape index (κ3) is 4.37. The number of hydrogen-bond donors (Lipinski definition) is 1. The SMILES string of the molecule is CC(C)N(CCNc1ncnc(Cl)c1Br)C(C)C. The molecule has 0 aliphatic carbocycles. The van der Waals surface area contributed by atoms with Gasteiger partial charge in [-0.3, -0.25) is 4.90 Å². The summed E-state index contributed by atoms with van der Waals surface area (Å²) in [5, 5.41) is 3.70. The van der Waals surface area contributed by atoms with Gasteiger partial charge in [-0.1, -0.05) is 11.6 Å². The molecule has 0 fully saturated rings. The number of halogens is 2. The lowest BCUT2D eigenvalue weighted by atomic mass is 10.2. The van der Waals surface area contributed by atoms with Crippen molar-refractivity contribution in [3.05, 3.63) is 16.0 Å². The molecular weight excluding hydrogens is 316 g/mol. The van der Waals surface area contributed by atoms with Crippen molar-refractivity contribution in [3.63, 3.8) is 0 Å². The van der Waals surface area contributed by atoms with Crippen molar-refractivity contribution in [2.75, 3.05) is 18.4 Å². The number of anilines is 1. The first-order chi connectivity index (χ1) is 8.43. The van der Waals surface area contributed by atoms with E-state index in [1.807, 2.05) is 0 Å². The topological polar surface area (TPSA) is 41.0 Å². The molecule has 0 radical (unpaired) electrons. The Kier molecular flexibility index (Phi) is 6.32. The quantitative estimate of drug-likeness (QED) is 0.809. The molecule has 6 heteroatoms. The van der Waals surface area contributed by atoms with Crippen LogP contribution in [0.2, 0.25) is 5.15 Å². The van der Waals surface area contributed by atoms with Gasteiger partial charge in [0, 0.05) is 25.2 Å². The molecule has 1 aromatic heterocycles. The molecule has 0 aliphatic heterocycles. The van der Waals surface area contributed by atoms with Gasteiger partial charge in [0.15, 0.2) is 0 Å². The standard InChI is InChI=1S/C12H20BrClN4/c1-8(2)18(9(3)4)6-5-15-12-10(13)11(14)16-7-17-12/h7-9H,5-6H2,1-4H3,(H,15,16,17). The van der Waals surface area contributed by atoms with Gasteiger partial charge in [-0.05, 0) is 43.6 Å². The Balaban J connectivity index is 2.53. The molecule has 0 aliphatic rings. The van der Waals surface area contributed by atoms with Crippen LogP contribution in [-0.2, 0) is 0 Å². The van der Waals surface area contributed by atoms with Gasteiger partial charge in [-0.2, -0.15) is 0 Å². The van der Waals surface area contributed by atoms with Gasteiger partial charge in [0.1, 0.15) is 17.3 Å². The van der Waals surface area contributed by atoms with Crippen molar-refractivity contribution in [1.82, 2.24) is 14.9 Å². The third-order valence-electron chi connectivity index (χ3n) is 2.74. The number of hydrogen-bond acceptors (Lipinski definition) is 4. The summed E-state index contributed by atoms with van der Waals surface area (Å²) in [5.41, 5.74) is 0. The average molecular weight is 336 g/mol. The first-order valence-electron chi connectivity index (χ1n) is 6.09. The molecule has 0 spiro atoms. The lowest BCUT2D eigenvalue weighted by Gasteiger charge is -2.30. The summed E-state index contributed by atoms with van der Waals surface area (Å²) < 4.78 is 0.715. The Bertz CT molecular complexity index is 376. The number of nitrogens with one attached hydrogen (secondary N) is 1. The summed E-state index contributed by atoms with van der Waals surface area (Å²) in [7, 11) is 0. The monoisotopic (exact) mass is 334 g/mol. The molecule has 0 aromatic carbocycles. The highest BCUT2D eigenvalue weighted by atomic mass is 79.9. The van der Waals surface area contributed by atoms with Crippen molar-refractivity contribution in [1.29, 1.82) is 0 Å². The second-order valence-electron chi connectivity index (χ2n) is 4.68. The molecular formula is C12H20BrClN4. The highest BCUT2D eigenvalue weighted by Gasteiger charge is 2.13. The lowest BCUT2D eigenvalue weighted by molar-refractivity contribution is 0.182. The maximum Gasteiger partial charge on any atom is 0.148 e. The van der Waals surface area contributed by atoms with E-state index in [0.717, 1.165) is 18.9 Å². The predicted molar refractivity (Wildman–Crippen MR) is 80.2 cm³/mol. The van der Waals surface area contributed by atoms with Crippen molar-refractivity contribution < 1.29 is 0 Å². The van der Waals surface area contributed by atoms with Gasteiger partial charge in [0.05, 0.1) is 4.47 Å². The zero-order valence-electron chi connectivity index (χ0n) is 11.2. The molecule has 0 unspecified atom stereocenters. The molecule has 102 valence electrons. The number of nitrogens with zero attached hydrogens (tertiary/aromatic N) is 3. The summed E-state index contributed by atoms with van der Waals surface area (Å²) in [6.07, 6.45) is 1.46.